The minimum Gasteiger partial charge on any atom is -0.455 e. The molecule has 0 spiro atoms. The minimum absolute atomic E-state index is 0.00722. The van der Waals surface area contributed by atoms with Gasteiger partial charge in [-0.25, -0.2) is 10.4 Å². The molecule has 0 fully saturated rings. The van der Waals surface area contributed by atoms with Crippen molar-refractivity contribution in [3.63, 3.8) is 0 Å². The van der Waals surface area contributed by atoms with Gasteiger partial charge in [-0.15, -0.1) is 0 Å². The fourth-order valence-corrected chi connectivity index (χ4v) is 4.29. The summed E-state index contributed by atoms with van der Waals surface area (Å²) in [7, 11) is 0. The molecule has 2 heterocycles. The number of hydrogen-bond donors (Lipinski definition) is 2. The van der Waals surface area contributed by atoms with Crippen molar-refractivity contribution in [1.82, 2.24) is 15.4 Å². The quantitative estimate of drug-likeness (QED) is 0.121. The smallest absolute Gasteiger partial charge is 0.271 e. The van der Waals surface area contributed by atoms with Crippen molar-refractivity contribution in [2.24, 2.45) is 5.10 Å². The lowest BCUT2D eigenvalue weighted by molar-refractivity contribution is -0.384. The molecule has 3 aromatic carbocycles. The number of amides is 1. The van der Waals surface area contributed by atoms with Gasteiger partial charge in [-0.3, -0.25) is 14.9 Å². The number of nitro benzene ring substituents is 1. The van der Waals surface area contributed by atoms with Crippen LogP contribution in [0, 0.1) is 10.1 Å². The summed E-state index contributed by atoms with van der Waals surface area (Å²) in [5.74, 6) is 1.34. The molecule has 10 heteroatoms. The molecule has 2 aromatic heterocycles. The van der Waals surface area contributed by atoms with Gasteiger partial charge in [0.25, 0.3) is 11.6 Å². The summed E-state index contributed by atoms with van der Waals surface area (Å²) in [5, 5.41) is 15.6. The van der Waals surface area contributed by atoms with Crippen molar-refractivity contribution in [3.05, 3.63) is 112 Å². The number of hydrazone groups is 1. The molecule has 0 atom stereocenters. The molecule has 36 heavy (non-hydrogen) atoms. The van der Waals surface area contributed by atoms with E-state index < -0.39 is 4.92 Å². The van der Waals surface area contributed by atoms with E-state index in [1.165, 1.54) is 18.3 Å². The van der Waals surface area contributed by atoms with Gasteiger partial charge in [0.2, 0.25) is 0 Å². The maximum atomic E-state index is 12.4. The number of carbonyl (C=O) groups is 1. The second-order valence-electron chi connectivity index (χ2n) is 7.75. The third kappa shape index (κ3) is 5.34. The highest BCUT2D eigenvalue weighted by Gasteiger charge is 2.09. The first-order chi connectivity index (χ1) is 17.5. The number of carbonyl (C=O) groups excluding carboxylic acids is 1. The molecular formula is C26H19N5O4S. The largest absolute Gasteiger partial charge is 0.455 e. The van der Waals surface area contributed by atoms with Gasteiger partial charge in [0.15, 0.2) is 5.16 Å². The second-order valence-corrected chi connectivity index (χ2v) is 8.71. The predicted molar refractivity (Wildman–Crippen MR) is 138 cm³/mol. The second kappa shape index (κ2) is 10.3. The van der Waals surface area contributed by atoms with Crippen molar-refractivity contribution < 1.29 is 14.1 Å². The van der Waals surface area contributed by atoms with Gasteiger partial charge >= 0.3 is 0 Å². The van der Waals surface area contributed by atoms with E-state index in [-0.39, 0.29) is 11.6 Å². The van der Waals surface area contributed by atoms with Crippen LogP contribution < -0.4 is 5.43 Å². The lowest BCUT2D eigenvalue weighted by Crippen LogP contribution is -2.17. The summed E-state index contributed by atoms with van der Waals surface area (Å²) >= 11 is 1.60. The molecule has 178 valence electrons. The van der Waals surface area contributed by atoms with Crippen LogP contribution in [0.4, 0.5) is 5.69 Å². The highest BCUT2D eigenvalue weighted by Crippen LogP contribution is 2.25. The first kappa shape index (κ1) is 23.1. The zero-order valence-electron chi connectivity index (χ0n) is 18.8. The van der Waals surface area contributed by atoms with E-state index in [4.69, 9.17) is 4.42 Å². The standard InChI is InChI=1S/C26H19N5O4S/c32-25(30-27-15-21-13-14-24(35-21)18-9-11-20(12-10-18)31(33)34)19-7-5-17(6-8-19)16-36-26-28-22-3-1-2-4-23(22)29-26/h1-15H,16H2,(H,28,29)(H,30,32). The third-order valence-corrected chi connectivity index (χ3v) is 6.25. The van der Waals surface area contributed by atoms with E-state index in [0.29, 0.717) is 22.6 Å². The first-order valence-corrected chi connectivity index (χ1v) is 11.9. The minimum atomic E-state index is -0.457. The van der Waals surface area contributed by atoms with Gasteiger partial charge in [-0.2, -0.15) is 5.10 Å². The molecule has 5 aromatic rings. The molecule has 0 saturated carbocycles. The van der Waals surface area contributed by atoms with Crippen LogP contribution in [0.5, 0.6) is 0 Å². The molecule has 0 aliphatic carbocycles. The van der Waals surface area contributed by atoms with Crippen LogP contribution in [-0.2, 0) is 5.75 Å². The average molecular weight is 498 g/mol. The van der Waals surface area contributed by atoms with E-state index in [9.17, 15) is 14.9 Å². The molecule has 0 aliphatic rings. The Balaban J connectivity index is 1.14. The summed E-state index contributed by atoms with van der Waals surface area (Å²) in [6.45, 7) is 0. The van der Waals surface area contributed by atoms with E-state index in [1.807, 2.05) is 36.4 Å². The number of furan rings is 1. The lowest BCUT2D eigenvalue weighted by atomic mass is 10.1. The number of aromatic amines is 1. The zero-order chi connectivity index (χ0) is 24.9. The van der Waals surface area contributed by atoms with E-state index in [2.05, 4.69) is 20.5 Å². The molecule has 2 N–H and O–H groups in total. The summed E-state index contributed by atoms with van der Waals surface area (Å²) in [5.41, 5.74) is 6.67. The van der Waals surface area contributed by atoms with Gasteiger partial charge in [-0.05, 0) is 54.1 Å². The number of hydrogen-bond acceptors (Lipinski definition) is 7. The van der Waals surface area contributed by atoms with Crippen molar-refractivity contribution in [1.29, 1.82) is 0 Å². The number of thioether (sulfide) groups is 1. The molecule has 0 saturated heterocycles. The highest BCUT2D eigenvalue weighted by atomic mass is 32.2. The van der Waals surface area contributed by atoms with Crippen molar-refractivity contribution >= 4 is 40.6 Å². The molecule has 1 amide bonds. The monoisotopic (exact) mass is 497 g/mol. The molecule has 9 nitrogen and oxygen atoms in total. The zero-order valence-corrected chi connectivity index (χ0v) is 19.6. The Bertz CT molecular complexity index is 1520. The molecule has 5 rings (SSSR count). The maximum absolute atomic E-state index is 12.4. The van der Waals surface area contributed by atoms with Crippen LogP contribution in [0.25, 0.3) is 22.4 Å². The van der Waals surface area contributed by atoms with Crippen LogP contribution in [0.15, 0.2) is 99.6 Å². The number of nitrogens with zero attached hydrogens (tertiary/aromatic N) is 3. The number of benzene rings is 3. The molecule has 0 bridgehead atoms. The molecule has 0 radical (unpaired) electrons. The van der Waals surface area contributed by atoms with Crippen LogP contribution in [0.3, 0.4) is 0 Å². The summed E-state index contributed by atoms with van der Waals surface area (Å²) in [4.78, 5) is 30.6. The van der Waals surface area contributed by atoms with Gasteiger partial charge < -0.3 is 9.40 Å². The van der Waals surface area contributed by atoms with Crippen LogP contribution in [0.2, 0.25) is 0 Å². The summed E-state index contributed by atoms with van der Waals surface area (Å²) in [6, 6.07) is 24.7. The third-order valence-electron chi connectivity index (χ3n) is 5.31. The van der Waals surface area contributed by atoms with E-state index in [1.54, 1.807) is 48.2 Å². The van der Waals surface area contributed by atoms with Crippen LogP contribution >= 0.6 is 11.8 Å². The predicted octanol–water partition coefficient (Wildman–Crippen LogP) is 5.79. The number of rotatable bonds is 8. The molecule has 0 aliphatic heterocycles. The van der Waals surface area contributed by atoms with Crippen LogP contribution in [0.1, 0.15) is 21.7 Å². The van der Waals surface area contributed by atoms with Gasteiger partial charge in [0, 0.05) is 29.0 Å². The van der Waals surface area contributed by atoms with Gasteiger partial charge in [0.1, 0.15) is 11.5 Å². The van der Waals surface area contributed by atoms with Gasteiger partial charge in [0.05, 0.1) is 22.2 Å². The number of imidazole rings is 1. The van der Waals surface area contributed by atoms with Gasteiger partial charge in [-0.1, -0.05) is 36.0 Å². The van der Waals surface area contributed by atoms with Crippen LogP contribution in [-0.4, -0.2) is 27.0 Å². The Labute approximate surface area is 209 Å². The number of nitrogens with one attached hydrogen (secondary N) is 2. The SMILES string of the molecule is O=C(NN=Cc1ccc(-c2ccc([N+](=O)[O-])cc2)o1)c1ccc(CSc2nc3ccccc3[nH]2)cc1. The summed E-state index contributed by atoms with van der Waals surface area (Å²) in [6.07, 6.45) is 1.39. The Morgan fingerprint density at radius 2 is 1.83 bits per heavy atom. The number of fused-ring (bicyclic) bond motifs is 1. The highest BCUT2D eigenvalue weighted by molar-refractivity contribution is 7.98. The van der Waals surface area contributed by atoms with Crippen molar-refractivity contribution in [3.8, 4) is 11.3 Å². The fourth-order valence-electron chi connectivity index (χ4n) is 3.45. The number of nitro groups is 1. The Morgan fingerprint density at radius 1 is 1.06 bits per heavy atom. The lowest BCUT2D eigenvalue weighted by Gasteiger charge is -2.02. The number of H-pyrrole nitrogens is 1. The Hall–Kier alpha value is -4.70. The normalized spacial score (nSPS) is 11.2. The first-order valence-electron chi connectivity index (χ1n) is 10.9. The topological polar surface area (TPSA) is 126 Å². The van der Waals surface area contributed by atoms with Crippen molar-refractivity contribution in [2.45, 2.75) is 10.9 Å². The number of non-ortho nitro benzene ring substituents is 1. The maximum Gasteiger partial charge on any atom is 0.271 e. The summed E-state index contributed by atoms with van der Waals surface area (Å²) < 4.78 is 5.68. The average Bonchev–Trinajstić information content (AvgIpc) is 3.55. The molecular weight excluding hydrogens is 478 g/mol. The fraction of sp³-hybridized carbons (Fsp3) is 0.0385. The Morgan fingerprint density at radius 3 is 2.58 bits per heavy atom. The molecule has 0 unspecified atom stereocenters. The van der Waals surface area contributed by atoms with Crippen molar-refractivity contribution in [2.75, 3.05) is 0 Å². The number of para-hydroxylation sites is 2. The van der Waals surface area contributed by atoms with E-state index in [0.717, 1.165) is 27.5 Å². The van der Waals surface area contributed by atoms with E-state index >= 15 is 0 Å². The number of aromatic nitrogens is 2. The Kier molecular flexibility index (Phi) is 6.59.